The van der Waals surface area contributed by atoms with Crippen molar-refractivity contribution in [2.75, 3.05) is 20.3 Å². The first kappa shape index (κ1) is 23.4. The molecular weight excluding hydrogens is 560 g/mol. The molecule has 2 aromatic rings. The van der Waals surface area contributed by atoms with Gasteiger partial charge in [0.2, 0.25) is 5.90 Å². The van der Waals surface area contributed by atoms with E-state index in [0.717, 1.165) is 0 Å². The first-order valence-electron chi connectivity index (χ1n) is 8.96. The van der Waals surface area contributed by atoms with Crippen molar-refractivity contribution in [2.24, 2.45) is 4.99 Å². The number of carbonyl (C=O) groups is 2. The summed E-state index contributed by atoms with van der Waals surface area (Å²) < 4.78 is 21.7. The van der Waals surface area contributed by atoms with Gasteiger partial charge in [0.25, 0.3) is 0 Å². The molecule has 3 rings (SSSR count). The van der Waals surface area contributed by atoms with E-state index in [1.807, 2.05) is 6.92 Å². The van der Waals surface area contributed by atoms with Crippen LogP contribution in [0.4, 0.5) is 0 Å². The zero-order chi connectivity index (χ0) is 22.5. The van der Waals surface area contributed by atoms with Crippen LogP contribution in [0.25, 0.3) is 6.08 Å². The van der Waals surface area contributed by atoms with Gasteiger partial charge in [0.1, 0.15) is 0 Å². The number of hydrogen-bond acceptors (Lipinski definition) is 7. The van der Waals surface area contributed by atoms with Crippen LogP contribution in [0.1, 0.15) is 18.1 Å². The van der Waals surface area contributed by atoms with Gasteiger partial charge in [-0.2, -0.15) is 0 Å². The summed E-state index contributed by atoms with van der Waals surface area (Å²) in [6.45, 7) is 1.95. The predicted molar refractivity (Wildman–Crippen MR) is 125 cm³/mol. The summed E-state index contributed by atoms with van der Waals surface area (Å²) in [6, 6.07) is 8.24. The number of carbonyl (C=O) groups excluding carboxylic acids is 2. The lowest BCUT2D eigenvalue weighted by Gasteiger charge is -2.14. The Kier molecular flexibility index (Phi) is 7.79. The minimum atomic E-state index is -0.611. The van der Waals surface area contributed by atoms with Gasteiger partial charge in [-0.25, -0.2) is 14.6 Å². The van der Waals surface area contributed by atoms with Gasteiger partial charge in [-0.1, -0.05) is 23.2 Å². The van der Waals surface area contributed by atoms with E-state index in [1.165, 1.54) is 7.11 Å². The fraction of sp³-hybridized carbons (Fsp3) is 0.190. The van der Waals surface area contributed by atoms with E-state index in [4.69, 9.17) is 37.4 Å². The normalized spacial score (nSPS) is 14.3. The van der Waals surface area contributed by atoms with E-state index in [9.17, 15) is 9.59 Å². The van der Waals surface area contributed by atoms with E-state index in [0.29, 0.717) is 42.8 Å². The standard InChI is InChI=1S/C21H16Cl2INO6/c1-3-29-17-8-11(6-15(24)19(17)30-10-18(26)28-2)7-16-21(27)31-20(25-16)13-5-4-12(22)9-14(13)23/h4-9H,3,10H2,1-2H3/b16-7-. The van der Waals surface area contributed by atoms with Crippen LogP contribution in [0.15, 0.2) is 41.0 Å². The molecule has 0 aromatic heterocycles. The number of nitrogens with zero attached hydrogens (tertiary/aromatic N) is 1. The lowest BCUT2D eigenvalue weighted by atomic mass is 10.1. The zero-order valence-electron chi connectivity index (χ0n) is 16.4. The molecule has 2 aromatic carbocycles. The monoisotopic (exact) mass is 575 g/mol. The molecule has 0 radical (unpaired) electrons. The third-order valence-corrected chi connectivity index (χ3v) is 5.33. The largest absolute Gasteiger partial charge is 0.490 e. The number of esters is 2. The van der Waals surface area contributed by atoms with Crippen molar-refractivity contribution in [3.63, 3.8) is 0 Å². The van der Waals surface area contributed by atoms with Gasteiger partial charge in [0, 0.05) is 5.02 Å². The average molecular weight is 576 g/mol. The van der Waals surface area contributed by atoms with Gasteiger partial charge in [-0.05, 0) is 71.5 Å². The van der Waals surface area contributed by atoms with E-state index in [1.54, 1.807) is 36.4 Å². The molecule has 0 atom stereocenters. The quantitative estimate of drug-likeness (QED) is 0.265. The Morgan fingerprint density at radius 3 is 2.68 bits per heavy atom. The summed E-state index contributed by atoms with van der Waals surface area (Å²) in [4.78, 5) is 28.0. The molecule has 0 fully saturated rings. The molecule has 0 N–H and O–H groups in total. The minimum absolute atomic E-state index is 0.0932. The summed E-state index contributed by atoms with van der Waals surface area (Å²) in [5.74, 6) is -0.209. The number of rotatable bonds is 7. The third-order valence-electron chi connectivity index (χ3n) is 3.98. The number of halogens is 3. The van der Waals surface area contributed by atoms with Crippen molar-refractivity contribution in [1.82, 2.24) is 0 Å². The van der Waals surface area contributed by atoms with E-state index < -0.39 is 11.9 Å². The molecule has 0 amide bonds. The van der Waals surface area contributed by atoms with Crippen LogP contribution < -0.4 is 9.47 Å². The molecular formula is C21H16Cl2INO6. The lowest BCUT2D eigenvalue weighted by Crippen LogP contribution is -2.14. The zero-order valence-corrected chi connectivity index (χ0v) is 20.1. The number of hydrogen-bond donors (Lipinski definition) is 0. The molecule has 162 valence electrons. The maximum atomic E-state index is 12.3. The lowest BCUT2D eigenvalue weighted by molar-refractivity contribution is -0.143. The topological polar surface area (TPSA) is 83.4 Å². The van der Waals surface area contributed by atoms with E-state index in [-0.39, 0.29) is 18.2 Å². The SMILES string of the molecule is CCOc1cc(/C=C2\N=C(c3ccc(Cl)cc3Cl)OC2=O)cc(I)c1OCC(=O)OC. The Morgan fingerprint density at radius 1 is 1.23 bits per heavy atom. The summed E-state index contributed by atoms with van der Waals surface area (Å²) in [5.41, 5.74) is 1.19. The Bertz CT molecular complexity index is 1100. The van der Waals surface area contributed by atoms with Crippen LogP contribution in [-0.2, 0) is 19.1 Å². The van der Waals surface area contributed by atoms with Gasteiger partial charge < -0.3 is 18.9 Å². The number of methoxy groups -OCH3 is 1. The first-order chi connectivity index (χ1) is 14.8. The fourth-order valence-corrected chi connectivity index (χ4v) is 3.88. The summed E-state index contributed by atoms with van der Waals surface area (Å²) in [6.07, 6.45) is 1.56. The molecule has 31 heavy (non-hydrogen) atoms. The second kappa shape index (κ2) is 10.3. The van der Waals surface area contributed by atoms with Crippen molar-refractivity contribution in [1.29, 1.82) is 0 Å². The molecule has 0 saturated carbocycles. The van der Waals surface area contributed by atoms with E-state index in [2.05, 4.69) is 32.3 Å². The molecule has 1 heterocycles. The molecule has 0 spiro atoms. The highest BCUT2D eigenvalue weighted by Crippen LogP contribution is 2.35. The molecule has 7 nitrogen and oxygen atoms in total. The molecule has 0 bridgehead atoms. The smallest absolute Gasteiger partial charge is 0.363 e. The van der Waals surface area contributed by atoms with Crippen molar-refractivity contribution in [3.8, 4) is 11.5 Å². The summed E-state index contributed by atoms with van der Waals surface area (Å²) >= 11 is 14.1. The van der Waals surface area contributed by atoms with Crippen LogP contribution in [0, 0.1) is 3.57 Å². The Labute approximate surface area is 202 Å². The highest BCUT2D eigenvalue weighted by Gasteiger charge is 2.26. The van der Waals surface area contributed by atoms with Gasteiger partial charge in [0.15, 0.2) is 23.8 Å². The molecule has 0 saturated heterocycles. The van der Waals surface area contributed by atoms with Crippen LogP contribution in [-0.4, -0.2) is 38.2 Å². The Hall–Kier alpha value is -2.30. The van der Waals surface area contributed by atoms with Crippen LogP contribution in [0.5, 0.6) is 11.5 Å². The molecule has 1 aliphatic rings. The van der Waals surface area contributed by atoms with Gasteiger partial charge >= 0.3 is 11.9 Å². The van der Waals surface area contributed by atoms with Crippen molar-refractivity contribution in [3.05, 3.63) is 60.8 Å². The van der Waals surface area contributed by atoms with Gasteiger partial charge in [-0.15, -0.1) is 0 Å². The fourth-order valence-electron chi connectivity index (χ4n) is 2.61. The second-order valence-electron chi connectivity index (χ2n) is 6.09. The van der Waals surface area contributed by atoms with Gasteiger partial charge in [0.05, 0.1) is 27.9 Å². The summed E-state index contributed by atoms with van der Waals surface area (Å²) in [5, 5.41) is 0.780. The number of ether oxygens (including phenoxy) is 4. The second-order valence-corrected chi connectivity index (χ2v) is 8.09. The van der Waals surface area contributed by atoms with Crippen molar-refractivity contribution in [2.45, 2.75) is 6.92 Å². The Morgan fingerprint density at radius 2 is 2.00 bits per heavy atom. The van der Waals surface area contributed by atoms with Crippen molar-refractivity contribution >= 4 is 69.7 Å². The highest BCUT2D eigenvalue weighted by atomic mass is 127. The number of benzene rings is 2. The number of aliphatic imine (C=N–C) groups is 1. The first-order valence-corrected chi connectivity index (χ1v) is 10.8. The van der Waals surface area contributed by atoms with Crippen molar-refractivity contribution < 1.29 is 28.5 Å². The molecule has 1 aliphatic heterocycles. The maximum Gasteiger partial charge on any atom is 0.363 e. The minimum Gasteiger partial charge on any atom is -0.490 e. The van der Waals surface area contributed by atoms with Gasteiger partial charge in [-0.3, -0.25) is 0 Å². The average Bonchev–Trinajstić information content (AvgIpc) is 3.07. The van der Waals surface area contributed by atoms with Crippen LogP contribution in [0.2, 0.25) is 10.0 Å². The number of cyclic esters (lactones) is 1. The molecule has 0 unspecified atom stereocenters. The highest BCUT2D eigenvalue weighted by molar-refractivity contribution is 14.1. The van der Waals surface area contributed by atoms with Crippen LogP contribution in [0.3, 0.4) is 0 Å². The van der Waals surface area contributed by atoms with Crippen LogP contribution >= 0.6 is 45.8 Å². The Balaban J connectivity index is 1.93. The third kappa shape index (κ3) is 5.69. The predicted octanol–water partition coefficient (Wildman–Crippen LogP) is 4.89. The van der Waals surface area contributed by atoms with E-state index >= 15 is 0 Å². The molecule has 10 heteroatoms. The summed E-state index contributed by atoms with van der Waals surface area (Å²) in [7, 11) is 1.28. The molecule has 0 aliphatic carbocycles. The maximum absolute atomic E-state index is 12.3.